The maximum atomic E-state index is 13.2. The van der Waals surface area contributed by atoms with Crippen molar-refractivity contribution in [3.05, 3.63) is 93.5 Å². The molecule has 0 bridgehead atoms. The molecule has 2 saturated heterocycles. The molecule has 2 fully saturated rings. The van der Waals surface area contributed by atoms with Crippen molar-refractivity contribution in [3.8, 4) is 5.75 Å². The summed E-state index contributed by atoms with van der Waals surface area (Å²) in [4.78, 5) is 44.0. The van der Waals surface area contributed by atoms with Crippen LogP contribution >= 0.6 is 0 Å². The van der Waals surface area contributed by atoms with Gasteiger partial charge in [-0.3, -0.25) is 9.59 Å². The Bertz CT molecular complexity index is 2120. The van der Waals surface area contributed by atoms with Crippen molar-refractivity contribution in [1.82, 2.24) is 30.1 Å². The molecule has 0 saturated carbocycles. The zero-order valence-electron chi connectivity index (χ0n) is 37.6. The number of carbonyl (C=O) groups is 1. The number of aromatic hydroxyl groups is 1. The van der Waals surface area contributed by atoms with Gasteiger partial charge in [0.05, 0.1) is 50.0 Å². The number of likely N-dealkylation sites (tertiary alicyclic amines) is 1. The molecule has 0 aliphatic carbocycles. The fourth-order valence-electron chi connectivity index (χ4n) is 8.12. The maximum absolute atomic E-state index is 13.2. The van der Waals surface area contributed by atoms with E-state index < -0.39 is 8.32 Å². The van der Waals surface area contributed by atoms with Crippen LogP contribution in [0.1, 0.15) is 75.4 Å². The van der Waals surface area contributed by atoms with Crippen molar-refractivity contribution in [2.75, 3.05) is 83.6 Å². The summed E-state index contributed by atoms with van der Waals surface area (Å²) < 4.78 is 19.3. The van der Waals surface area contributed by atoms with Crippen LogP contribution in [0.15, 0.2) is 65.6 Å². The van der Waals surface area contributed by atoms with Crippen LogP contribution in [-0.2, 0) is 31.5 Å². The van der Waals surface area contributed by atoms with E-state index in [9.17, 15) is 14.7 Å². The van der Waals surface area contributed by atoms with Crippen molar-refractivity contribution >= 4 is 31.1 Å². The third-order valence-electron chi connectivity index (χ3n) is 12.9. The molecule has 2 aromatic carbocycles. The first-order valence-corrected chi connectivity index (χ1v) is 25.1. The summed E-state index contributed by atoms with van der Waals surface area (Å²) in [5.41, 5.74) is 4.49. The third-order valence-corrected chi connectivity index (χ3v) is 17.4. The Balaban J connectivity index is 0.901. The number of phenols is 1. The number of benzene rings is 2. The minimum Gasteiger partial charge on any atom is -0.506 e. The largest absolute Gasteiger partial charge is 0.506 e. The Morgan fingerprint density at radius 1 is 1.07 bits per heavy atom. The second kappa shape index (κ2) is 20.8. The van der Waals surface area contributed by atoms with Crippen LogP contribution in [0.25, 0.3) is 10.9 Å². The van der Waals surface area contributed by atoms with E-state index >= 15 is 0 Å². The molecular weight excluding hydrogens is 787 g/mol. The number of pyridine rings is 1. The molecule has 13 nitrogen and oxygen atoms in total. The number of nitrogens with one attached hydrogen (secondary N) is 2. The van der Waals surface area contributed by atoms with Gasteiger partial charge in [0.25, 0.3) is 0 Å². The molecule has 61 heavy (non-hydrogen) atoms. The molecule has 1 atom stereocenters. The average molecular weight is 856 g/mol. The molecule has 3 N–H and O–H groups in total. The van der Waals surface area contributed by atoms with Crippen molar-refractivity contribution < 1.29 is 23.8 Å². The first-order chi connectivity index (χ1) is 29.1. The highest BCUT2D eigenvalue weighted by Gasteiger charge is 2.41. The number of ether oxygens (including phenoxy) is 2. The van der Waals surface area contributed by atoms with E-state index in [1.807, 2.05) is 37.1 Å². The number of amides is 1. The molecule has 1 amide bonds. The first kappa shape index (κ1) is 46.3. The monoisotopic (exact) mass is 856 g/mol. The highest BCUT2D eigenvalue weighted by molar-refractivity contribution is 6.74. The van der Waals surface area contributed by atoms with Crippen molar-refractivity contribution in [1.29, 1.82) is 0 Å². The van der Waals surface area contributed by atoms with Crippen molar-refractivity contribution in [3.63, 3.8) is 0 Å². The van der Waals surface area contributed by atoms with Crippen LogP contribution in [0.5, 0.6) is 5.75 Å². The molecule has 0 radical (unpaired) electrons. The summed E-state index contributed by atoms with van der Waals surface area (Å²) in [5, 5.41) is 14.8. The van der Waals surface area contributed by atoms with Gasteiger partial charge in [0.1, 0.15) is 5.75 Å². The number of likely N-dealkylation sites (N-methyl/N-ethyl adjacent to an activating group) is 1. The first-order valence-electron chi connectivity index (χ1n) is 22.2. The molecule has 14 heteroatoms. The number of aryl methyl sites for hydroxylation is 1. The number of anilines is 1. The van der Waals surface area contributed by atoms with Crippen LogP contribution in [0.2, 0.25) is 18.1 Å². The van der Waals surface area contributed by atoms with E-state index in [4.69, 9.17) is 13.9 Å². The summed E-state index contributed by atoms with van der Waals surface area (Å²) in [6, 6.07) is 17.5. The van der Waals surface area contributed by atoms with Gasteiger partial charge < -0.3 is 44.0 Å². The van der Waals surface area contributed by atoms with E-state index in [-0.39, 0.29) is 34.0 Å². The SMILES string of the molecule is CCN(CCNC[C@H](O[Si](C)(C)C(C)(C)C)c1ccc(O)c2[nH]c(=O)ccc12)C(=O)CCOCCc1cccc(CCN2CCC3(CC2)CN(c2nccc(C)n2)CCO3)c1. The van der Waals surface area contributed by atoms with Gasteiger partial charge in [-0.25, -0.2) is 9.97 Å². The highest BCUT2D eigenvalue weighted by atomic mass is 28.4. The number of nitrogens with zero attached hydrogens (tertiary/aromatic N) is 5. The van der Waals surface area contributed by atoms with Gasteiger partial charge in [0.15, 0.2) is 8.32 Å². The van der Waals surface area contributed by atoms with Gasteiger partial charge in [-0.1, -0.05) is 51.1 Å². The standard InChI is InChI=1S/C47H69N7O6Si/c1-8-53(27-23-48-33-41(60-61(6,7)46(3,4)5)38-12-14-40(55)44-39(38)13-15-42(56)51-44)43(57)19-30-58-29-18-37-11-9-10-36(32-37)17-24-52-25-20-47(21-26-52)34-54(28-31-59-47)45-49-22-16-35(2)50-45/h9-16,22,32,41,48,55H,8,17-21,23-31,33-34H2,1-7H3,(H,51,56)/t41-/m0/s1. The van der Waals surface area contributed by atoms with E-state index in [2.05, 4.69) is 88.2 Å². The number of aromatic amines is 1. The van der Waals surface area contributed by atoms with Crippen LogP contribution < -0.4 is 15.8 Å². The van der Waals surface area contributed by atoms with E-state index in [0.29, 0.717) is 57.9 Å². The Morgan fingerprint density at radius 2 is 1.84 bits per heavy atom. The van der Waals surface area contributed by atoms with Crippen LogP contribution in [0.4, 0.5) is 5.95 Å². The second-order valence-corrected chi connectivity index (χ2v) is 23.1. The molecule has 0 unspecified atom stereocenters. The number of morpholine rings is 1. The van der Waals surface area contributed by atoms with Gasteiger partial charge in [-0.05, 0) is 92.6 Å². The lowest BCUT2D eigenvalue weighted by atomic mass is 9.89. The van der Waals surface area contributed by atoms with Gasteiger partial charge >= 0.3 is 0 Å². The number of fused-ring (bicyclic) bond motifs is 1. The topological polar surface area (TPSA) is 145 Å². The van der Waals surface area contributed by atoms with Gasteiger partial charge in [0, 0.05) is 75.7 Å². The summed E-state index contributed by atoms with van der Waals surface area (Å²) in [7, 11) is -2.21. The number of piperidine rings is 1. The lowest BCUT2D eigenvalue weighted by molar-refractivity contribution is -0.132. The quantitative estimate of drug-likeness (QED) is 0.0713. The molecule has 6 rings (SSSR count). The molecule has 2 aromatic heterocycles. The van der Waals surface area contributed by atoms with E-state index in [1.165, 1.54) is 17.2 Å². The number of aromatic nitrogens is 3. The lowest BCUT2D eigenvalue weighted by Crippen LogP contribution is -2.57. The summed E-state index contributed by atoms with van der Waals surface area (Å²) in [6.45, 7) is 23.8. The zero-order chi connectivity index (χ0) is 43.6. The highest BCUT2D eigenvalue weighted by Crippen LogP contribution is 2.41. The van der Waals surface area contributed by atoms with Gasteiger partial charge in [-0.15, -0.1) is 0 Å². The van der Waals surface area contributed by atoms with Crippen molar-refractivity contribution in [2.45, 2.75) is 96.6 Å². The summed E-state index contributed by atoms with van der Waals surface area (Å²) in [5.74, 6) is 0.910. The Hall–Kier alpha value is -4.18. The van der Waals surface area contributed by atoms with Crippen molar-refractivity contribution in [2.24, 2.45) is 0 Å². The Kier molecular flexibility index (Phi) is 15.8. The smallest absolute Gasteiger partial charge is 0.248 e. The third kappa shape index (κ3) is 12.5. The number of H-pyrrole nitrogens is 1. The number of phenolic OH excluding ortho intramolecular Hbond substituents is 1. The molecule has 4 aromatic rings. The zero-order valence-corrected chi connectivity index (χ0v) is 38.6. The number of hydrogen-bond donors (Lipinski definition) is 3. The number of hydrogen-bond acceptors (Lipinski definition) is 11. The summed E-state index contributed by atoms with van der Waals surface area (Å²) in [6.07, 6.45) is 5.70. The molecule has 1 spiro atoms. The molecular formula is C47H69N7O6Si. The fourth-order valence-corrected chi connectivity index (χ4v) is 9.40. The predicted molar refractivity (Wildman–Crippen MR) is 245 cm³/mol. The minimum atomic E-state index is -2.21. The van der Waals surface area contributed by atoms with Gasteiger partial charge in [-0.2, -0.15) is 0 Å². The van der Waals surface area contributed by atoms with Crippen LogP contribution in [0, 0.1) is 6.92 Å². The maximum Gasteiger partial charge on any atom is 0.248 e. The molecule has 332 valence electrons. The van der Waals surface area contributed by atoms with E-state index in [0.717, 1.165) is 81.0 Å². The lowest BCUT2D eigenvalue weighted by Gasteiger charge is -2.47. The Labute approximate surface area is 363 Å². The average Bonchev–Trinajstić information content (AvgIpc) is 3.23. The fraction of sp³-hybridized carbons (Fsp3) is 0.574. The summed E-state index contributed by atoms with van der Waals surface area (Å²) >= 11 is 0. The second-order valence-electron chi connectivity index (χ2n) is 18.3. The van der Waals surface area contributed by atoms with Crippen LogP contribution in [-0.4, -0.2) is 128 Å². The normalized spacial score (nSPS) is 16.6. The van der Waals surface area contributed by atoms with Gasteiger partial charge in [0.2, 0.25) is 17.4 Å². The molecule has 2 aliphatic heterocycles. The number of rotatable bonds is 19. The van der Waals surface area contributed by atoms with Crippen LogP contribution in [0.3, 0.4) is 0 Å². The Morgan fingerprint density at radius 3 is 2.57 bits per heavy atom. The number of carbonyl (C=O) groups excluding carboxylic acids is 1. The van der Waals surface area contributed by atoms with E-state index in [1.54, 1.807) is 12.1 Å². The predicted octanol–water partition coefficient (Wildman–Crippen LogP) is 6.40. The minimum absolute atomic E-state index is 0.0170. The molecule has 4 heterocycles. The molecule has 2 aliphatic rings.